The number of nitrogens with zero attached hydrogens (tertiary/aromatic N) is 1. The van der Waals surface area contributed by atoms with Gasteiger partial charge in [-0.15, -0.1) is 0 Å². The molecule has 0 saturated heterocycles. The molecule has 0 spiro atoms. The molecule has 0 heterocycles. The Balaban J connectivity index is 2.27. The summed E-state index contributed by atoms with van der Waals surface area (Å²) in [5, 5.41) is 1.11. The molecule has 0 bridgehead atoms. The average molecular weight is 414 g/mol. The van der Waals surface area contributed by atoms with Crippen LogP contribution in [0.3, 0.4) is 0 Å². The number of ether oxygens (including phenoxy) is 1. The smallest absolute Gasteiger partial charge is 0.272 e. The highest BCUT2D eigenvalue weighted by atomic mass is 79.9. The van der Waals surface area contributed by atoms with Crippen molar-refractivity contribution < 1.29 is 9.53 Å². The van der Waals surface area contributed by atoms with Crippen molar-refractivity contribution >= 4 is 43.5 Å². The largest absolute Gasteiger partial charge is 0.494 e. The topological polar surface area (TPSA) is 55.6 Å². The van der Waals surface area contributed by atoms with Gasteiger partial charge < -0.3 is 4.74 Å². The summed E-state index contributed by atoms with van der Waals surface area (Å²) in [4.78, 5) is 12.4. The molecule has 2 aromatic carbocycles. The first-order valence-electron chi connectivity index (χ1n) is 6.30. The van der Waals surface area contributed by atoms with Gasteiger partial charge in [-0.3, -0.25) is 4.79 Å². The molecule has 1 amide bonds. The molecule has 0 aliphatic heterocycles. The second-order valence-electron chi connectivity index (χ2n) is 4.20. The van der Waals surface area contributed by atoms with Crippen LogP contribution in [0.25, 0.3) is 0 Å². The minimum Gasteiger partial charge on any atom is -0.494 e. The number of hydrazine groups is 1. The van der Waals surface area contributed by atoms with E-state index in [0.29, 0.717) is 17.9 Å². The van der Waals surface area contributed by atoms with Crippen LogP contribution in [0.5, 0.6) is 5.75 Å². The van der Waals surface area contributed by atoms with Gasteiger partial charge in [0.05, 0.1) is 12.3 Å². The van der Waals surface area contributed by atoms with E-state index in [9.17, 15) is 4.79 Å². The van der Waals surface area contributed by atoms with Crippen LogP contribution < -0.4 is 15.6 Å². The molecule has 6 heteroatoms. The first-order chi connectivity index (χ1) is 10.0. The average Bonchev–Trinajstić information content (AvgIpc) is 2.47. The number of carbonyl (C=O) groups is 1. The monoisotopic (exact) mass is 412 g/mol. The van der Waals surface area contributed by atoms with Crippen LogP contribution in [0, 0.1) is 0 Å². The summed E-state index contributed by atoms with van der Waals surface area (Å²) in [5.74, 6) is 6.38. The van der Waals surface area contributed by atoms with Gasteiger partial charge in [-0.1, -0.05) is 6.07 Å². The molecule has 0 radical (unpaired) electrons. The third kappa shape index (κ3) is 3.64. The van der Waals surface area contributed by atoms with Crippen molar-refractivity contribution in [2.24, 2.45) is 5.84 Å². The van der Waals surface area contributed by atoms with Gasteiger partial charge in [0.25, 0.3) is 5.91 Å². The molecule has 0 unspecified atom stereocenters. The fraction of sp³-hybridized carbons (Fsp3) is 0.133. The summed E-state index contributed by atoms with van der Waals surface area (Å²) in [7, 11) is 0. The Morgan fingerprint density at radius 1 is 1.14 bits per heavy atom. The lowest BCUT2D eigenvalue weighted by Gasteiger charge is -2.19. The fourth-order valence-corrected chi connectivity index (χ4v) is 3.20. The van der Waals surface area contributed by atoms with Gasteiger partial charge in [0.2, 0.25) is 0 Å². The molecule has 2 rings (SSSR count). The van der Waals surface area contributed by atoms with Crippen LogP contribution in [-0.2, 0) is 0 Å². The molecule has 0 fully saturated rings. The summed E-state index contributed by atoms with van der Waals surface area (Å²) in [6.07, 6.45) is 0. The van der Waals surface area contributed by atoms with Crippen molar-refractivity contribution in [2.75, 3.05) is 11.6 Å². The summed E-state index contributed by atoms with van der Waals surface area (Å²) in [6.45, 7) is 2.49. The number of benzene rings is 2. The van der Waals surface area contributed by atoms with Crippen LogP contribution >= 0.6 is 31.9 Å². The summed E-state index contributed by atoms with van der Waals surface area (Å²) in [6, 6.07) is 12.4. The maximum atomic E-state index is 12.4. The normalized spacial score (nSPS) is 10.3. The molecule has 0 atom stereocenters. The number of carbonyl (C=O) groups excluding carboxylic acids is 1. The fourth-order valence-electron chi connectivity index (χ4n) is 1.82. The van der Waals surface area contributed by atoms with Gasteiger partial charge in [0.15, 0.2) is 0 Å². The van der Waals surface area contributed by atoms with Gasteiger partial charge >= 0.3 is 0 Å². The van der Waals surface area contributed by atoms with Gasteiger partial charge in [-0.2, -0.15) is 0 Å². The first kappa shape index (κ1) is 16.0. The highest BCUT2D eigenvalue weighted by Crippen LogP contribution is 2.33. The SMILES string of the molecule is CCOc1ccc(C(=O)N(N)c2c(Br)cccc2Br)cc1. The third-order valence-corrected chi connectivity index (χ3v) is 4.09. The molecule has 0 aliphatic rings. The molecule has 0 saturated carbocycles. The number of amides is 1. The number of hydrogen-bond donors (Lipinski definition) is 1. The number of nitrogens with two attached hydrogens (primary N) is 1. The van der Waals surface area contributed by atoms with E-state index in [-0.39, 0.29) is 5.91 Å². The maximum absolute atomic E-state index is 12.4. The van der Waals surface area contributed by atoms with Crippen LogP contribution in [0.2, 0.25) is 0 Å². The van der Waals surface area contributed by atoms with E-state index in [1.54, 1.807) is 24.3 Å². The maximum Gasteiger partial charge on any atom is 0.272 e. The van der Waals surface area contributed by atoms with Gasteiger partial charge in [-0.05, 0) is 75.2 Å². The van der Waals surface area contributed by atoms with Crippen molar-refractivity contribution in [2.45, 2.75) is 6.92 Å². The molecule has 2 aromatic rings. The van der Waals surface area contributed by atoms with E-state index in [1.165, 1.54) is 0 Å². The Hall–Kier alpha value is -1.37. The van der Waals surface area contributed by atoms with E-state index in [4.69, 9.17) is 10.6 Å². The van der Waals surface area contributed by atoms with Crippen molar-refractivity contribution in [1.82, 2.24) is 0 Å². The van der Waals surface area contributed by atoms with E-state index in [0.717, 1.165) is 19.7 Å². The standard InChI is InChI=1S/C15H14Br2N2O2/c1-2-21-11-8-6-10(7-9-11)15(20)19(18)14-12(16)4-3-5-13(14)17/h3-9H,2,18H2,1H3. The van der Waals surface area contributed by atoms with E-state index in [2.05, 4.69) is 31.9 Å². The van der Waals surface area contributed by atoms with Crippen LogP contribution in [0.4, 0.5) is 5.69 Å². The van der Waals surface area contributed by atoms with Crippen LogP contribution in [-0.4, -0.2) is 12.5 Å². The summed E-state index contributed by atoms with van der Waals surface area (Å²) in [5.41, 5.74) is 1.07. The third-order valence-electron chi connectivity index (χ3n) is 2.81. The minimum absolute atomic E-state index is 0.300. The Bertz CT molecular complexity index is 624. The number of rotatable bonds is 4. The second kappa shape index (κ2) is 7.06. The molecule has 21 heavy (non-hydrogen) atoms. The molecule has 110 valence electrons. The Labute approximate surface area is 140 Å². The molecule has 0 aliphatic carbocycles. The zero-order chi connectivity index (χ0) is 15.4. The number of anilines is 1. The van der Waals surface area contributed by atoms with E-state index < -0.39 is 0 Å². The highest BCUT2D eigenvalue weighted by molar-refractivity contribution is 9.11. The molecular formula is C15H14Br2N2O2. The van der Waals surface area contributed by atoms with E-state index in [1.807, 2.05) is 25.1 Å². The van der Waals surface area contributed by atoms with Gasteiger partial charge in [-0.25, -0.2) is 10.9 Å². The Morgan fingerprint density at radius 2 is 1.71 bits per heavy atom. The molecule has 0 aromatic heterocycles. The van der Waals surface area contributed by atoms with E-state index >= 15 is 0 Å². The molecule has 2 N–H and O–H groups in total. The predicted molar refractivity (Wildman–Crippen MR) is 90.4 cm³/mol. The minimum atomic E-state index is -0.300. The lowest BCUT2D eigenvalue weighted by atomic mass is 10.2. The zero-order valence-electron chi connectivity index (χ0n) is 11.3. The zero-order valence-corrected chi connectivity index (χ0v) is 14.5. The number of para-hydroxylation sites is 1. The number of hydrogen-bond acceptors (Lipinski definition) is 3. The number of halogens is 2. The quantitative estimate of drug-likeness (QED) is 0.465. The van der Waals surface area contributed by atoms with Gasteiger partial charge in [0.1, 0.15) is 5.75 Å². The predicted octanol–water partition coefficient (Wildman–Crippen LogP) is 4.13. The van der Waals surface area contributed by atoms with Crippen molar-refractivity contribution in [3.63, 3.8) is 0 Å². The molecular weight excluding hydrogens is 400 g/mol. The lowest BCUT2D eigenvalue weighted by molar-refractivity contribution is 0.0986. The highest BCUT2D eigenvalue weighted by Gasteiger charge is 2.19. The van der Waals surface area contributed by atoms with Crippen molar-refractivity contribution in [3.05, 3.63) is 57.0 Å². The Kier molecular flexibility index (Phi) is 5.39. The van der Waals surface area contributed by atoms with Crippen LogP contribution in [0.1, 0.15) is 17.3 Å². The Morgan fingerprint density at radius 3 is 2.24 bits per heavy atom. The van der Waals surface area contributed by atoms with Crippen molar-refractivity contribution in [1.29, 1.82) is 0 Å². The van der Waals surface area contributed by atoms with Crippen LogP contribution in [0.15, 0.2) is 51.4 Å². The summed E-state index contributed by atoms with van der Waals surface area (Å²) >= 11 is 6.79. The first-order valence-corrected chi connectivity index (χ1v) is 7.89. The second-order valence-corrected chi connectivity index (χ2v) is 5.91. The van der Waals surface area contributed by atoms with Crippen molar-refractivity contribution in [3.8, 4) is 5.75 Å². The summed E-state index contributed by atoms with van der Waals surface area (Å²) < 4.78 is 6.82. The lowest BCUT2D eigenvalue weighted by Crippen LogP contribution is -2.38. The molecule has 4 nitrogen and oxygen atoms in total. The van der Waals surface area contributed by atoms with Gasteiger partial charge in [0, 0.05) is 14.5 Å².